The number of halogens is 3. The van der Waals surface area contributed by atoms with Gasteiger partial charge in [0.25, 0.3) is 0 Å². The SMILES string of the molecule is CCOc1nc(C(C)(C)C)ncc1C1=N[C@@](C)(c2ccc(Cl)cc2)[C@](C)(c2ccc(Cl)cc2)N1C(=O)Cl. The molecule has 2 aromatic carbocycles. The number of benzene rings is 2. The molecule has 1 amide bonds. The third-order valence-corrected chi connectivity index (χ3v) is 7.54. The van der Waals surface area contributed by atoms with Crippen LogP contribution in [-0.2, 0) is 16.5 Å². The summed E-state index contributed by atoms with van der Waals surface area (Å²) in [6.45, 7) is 12.2. The number of amidine groups is 1. The topological polar surface area (TPSA) is 67.7 Å². The predicted molar refractivity (Wildman–Crippen MR) is 149 cm³/mol. The van der Waals surface area contributed by atoms with Crippen molar-refractivity contribution in [3.05, 3.63) is 87.3 Å². The summed E-state index contributed by atoms with van der Waals surface area (Å²) < 4.78 is 5.94. The lowest BCUT2D eigenvalue weighted by molar-refractivity contribution is 0.149. The largest absolute Gasteiger partial charge is 0.477 e. The predicted octanol–water partition coefficient (Wildman–Crippen LogP) is 7.73. The standard InChI is InChI=1S/C28H29Cl3N4O2/c1-7-37-23-21(16-32-24(33-23)26(2,3)4)22-34-27(5,17-8-12-19(29)13-9-17)28(6,35(22)25(31)36)18-10-14-20(30)15-11-18/h8-16H,7H2,1-6H3/t27-,28-/m0/s1. The molecule has 4 rings (SSSR count). The molecule has 0 saturated heterocycles. The van der Waals surface area contributed by atoms with Gasteiger partial charge in [-0.3, -0.25) is 14.7 Å². The number of amides is 1. The van der Waals surface area contributed by atoms with E-state index < -0.39 is 16.4 Å². The Bertz CT molecular complexity index is 1350. The fourth-order valence-electron chi connectivity index (χ4n) is 4.67. The minimum atomic E-state index is -1.05. The number of carbonyl (C=O) groups is 1. The van der Waals surface area contributed by atoms with Gasteiger partial charge in [-0.1, -0.05) is 68.2 Å². The summed E-state index contributed by atoms with van der Waals surface area (Å²) in [6, 6.07) is 14.7. The maximum Gasteiger partial charge on any atom is 0.322 e. The van der Waals surface area contributed by atoms with Gasteiger partial charge in [0.05, 0.1) is 12.2 Å². The first-order chi connectivity index (χ1) is 17.3. The van der Waals surface area contributed by atoms with Crippen LogP contribution in [0.3, 0.4) is 0 Å². The van der Waals surface area contributed by atoms with Crippen molar-refractivity contribution in [1.29, 1.82) is 0 Å². The van der Waals surface area contributed by atoms with E-state index in [9.17, 15) is 4.79 Å². The molecule has 0 radical (unpaired) electrons. The monoisotopic (exact) mass is 558 g/mol. The number of ether oxygens (including phenoxy) is 1. The fraction of sp³-hybridized carbons (Fsp3) is 0.357. The van der Waals surface area contributed by atoms with Crippen LogP contribution in [0.2, 0.25) is 10.0 Å². The maximum absolute atomic E-state index is 13.2. The summed E-state index contributed by atoms with van der Waals surface area (Å²) in [6.07, 6.45) is 1.65. The zero-order valence-corrected chi connectivity index (χ0v) is 23.9. The second-order valence-electron chi connectivity index (χ2n) is 10.3. The molecule has 37 heavy (non-hydrogen) atoms. The van der Waals surface area contributed by atoms with Gasteiger partial charge in [-0.25, -0.2) is 4.98 Å². The minimum Gasteiger partial charge on any atom is -0.477 e. The van der Waals surface area contributed by atoms with E-state index in [-0.39, 0.29) is 5.41 Å². The molecule has 0 spiro atoms. The third-order valence-electron chi connectivity index (χ3n) is 6.87. The highest BCUT2D eigenvalue weighted by Crippen LogP contribution is 2.53. The van der Waals surface area contributed by atoms with Crippen LogP contribution >= 0.6 is 34.8 Å². The molecule has 0 bridgehead atoms. The fourth-order valence-corrected chi connectivity index (χ4v) is 5.17. The van der Waals surface area contributed by atoms with E-state index >= 15 is 0 Å². The zero-order valence-electron chi connectivity index (χ0n) is 21.6. The molecule has 0 unspecified atom stereocenters. The Hall–Kier alpha value is -2.67. The van der Waals surface area contributed by atoms with E-state index in [0.717, 1.165) is 11.1 Å². The summed E-state index contributed by atoms with van der Waals surface area (Å²) in [5, 5.41) is 0.474. The van der Waals surface area contributed by atoms with Gasteiger partial charge in [0.1, 0.15) is 22.7 Å². The quantitative estimate of drug-likeness (QED) is 0.237. The van der Waals surface area contributed by atoms with Crippen molar-refractivity contribution < 1.29 is 9.53 Å². The van der Waals surface area contributed by atoms with Gasteiger partial charge in [-0.05, 0) is 67.8 Å². The van der Waals surface area contributed by atoms with Crippen molar-refractivity contribution in [2.24, 2.45) is 4.99 Å². The average Bonchev–Trinajstić information content (AvgIpc) is 3.08. The van der Waals surface area contributed by atoms with Gasteiger partial charge in [-0.2, -0.15) is 4.98 Å². The number of hydrogen-bond acceptors (Lipinski definition) is 5. The molecule has 0 N–H and O–H groups in total. The smallest absolute Gasteiger partial charge is 0.322 e. The molecule has 194 valence electrons. The number of rotatable bonds is 5. The molecule has 0 fully saturated rings. The van der Waals surface area contributed by atoms with Gasteiger partial charge in [-0.15, -0.1) is 0 Å². The van der Waals surface area contributed by atoms with Crippen LogP contribution in [-0.4, -0.2) is 32.7 Å². The summed E-state index contributed by atoms with van der Waals surface area (Å²) >= 11 is 18.8. The Kier molecular flexibility index (Phi) is 7.32. The Morgan fingerprint density at radius 2 is 1.51 bits per heavy atom. The number of hydrogen-bond donors (Lipinski definition) is 0. The molecule has 9 heteroatoms. The summed E-state index contributed by atoms with van der Waals surface area (Å²) in [4.78, 5) is 29.2. The van der Waals surface area contributed by atoms with Crippen molar-refractivity contribution in [3.63, 3.8) is 0 Å². The van der Waals surface area contributed by atoms with Crippen molar-refractivity contribution in [2.75, 3.05) is 6.61 Å². The molecule has 1 aliphatic heterocycles. The number of aliphatic imine (C=N–C) groups is 1. The first kappa shape index (κ1) is 27.4. The summed E-state index contributed by atoms with van der Waals surface area (Å²) in [7, 11) is 0. The van der Waals surface area contributed by atoms with Crippen LogP contribution in [0.5, 0.6) is 5.88 Å². The lowest BCUT2D eigenvalue weighted by Crippen LogP contribution is -2.53. The second-order valence-corrected chi connectivity index (χ2v) is 11.5. The van der Waals surface area contributed by atoms with E-state index in [1.807, 2.05) is 65.8 Å². The highest BCUT2D eigenvalue weighted by Gasteiger charge is 2.59. The van der Waals surface area contributed by atoms with Gasteiger partial charge in [0.2, 0.25) is 5.88 Å². The highest BCUT2D eigenvalue weighted by atomic mass is 35.5. The minimum absolute atomic E-state index is 0.306. The van der Waals surface area contributed by atoms with Gasteiger partial charge >= 0.3 is 5.37 Å². The second kappa shape index (κ2) is 9.90. The lowest BCUT2D eigenvalue weighted by atomic mass is 9.71. The average molecular weight is 560 g/mol. The normalized spacial score (nSPS) is 21.6. The van der Waals surface area contributed by atoms with Gasteiger partial charge in [0, 0.05) is 21.7 Å². The molecule has 0 aliphatic carbocycles. The first-order valence-electron chi connectivity index (χ1n) is 11.9. The Balaban J connectivity index is 2.03. The molecular weight excluding hydrogens is 531 g/mol. The molecule has 1 aromatic heterocycles. The zero-order chi connectivity index (χ0) is 27.2. The Labute approximate surface area is 232 Å². The van der Waals surface area contributed by atoms with E-state index in [1.54, 1.807) is 30.5 Å². The number of nitrogens with zero attached hydrogens (tertiary/aromatic N) is 4. The van der Waals surface area contributed by atoms with Crippen molar-refractivity contribution in [3.8, 4) is 5.88 Å². The van der Waals surface area contributed by atoms with E-state index in [0.29, 0.717) is 39.8 Å². The van der Waals surface area contributed by atoms with E-state index in [2.05, 4.69) is 4.98 Å². The van der Waals surface area contributed by atoms with Crippen LogP contribution in [0, 0.1) is 0 Å². The molecule has 2 heterocycles. The van der Waals surface area contributed by atoms with Crippen molar-refractivity contribution >= 4 is 46.0 Å². The highest BCUT2D eigenvalue weighted by molar-refractivity contribution is 6.64. The van der Waals surface area contributed by atoms with Crippen LogP contribution in [0.4, 0.5) is 4.79 Å². The number of aromatic nitrogens is 2. The molecule has 6 nitrogen and oxygen atoms in total. The number of carbonyl (C=O) groups excluding carboxylic acids is 1. The maximum atomic E-state index is 13.2. The lowest BCUT2D eigenvalue weighted by Gasteiger charge is -2.44. The molecule has 0 saturated carbocycles. The Morgan fingerprint density at radius 1 is 0.973 bits per heavy atom. The van der Waals surface area contributed by atoms with Gasteiger partial charge < -0.3 is 4.74 Å². The van der Waals surface area contributed by atoms with E-state index in [1.165, 1.54) is 4.90 Å². The van der Waals surface area contributed by atoms with Gasteiger partial charge in [0.15, 0.2) is 0 Å². The molecule has 3 aromatic rings. The van der Waals surface area contributed by atoms with Crippen molar-refractivity contribution in [2.45, 2.75) is 58.0 Å². The van der Waals surface area contributed by atoms with E-state index in [4.69, 9.17) is 49.5 Å². The summed E-state index contributed by atoms with van der Waals surface area (Å²) in [5.41, 5.74) is -0.213. The molecular formula is C28H29Cl3N4O2. The van der Waals surface area contributed by atoms with Crippen LogP contribution in [0.25, 0.3) is 0 Å². The van der Waals surface area contributed by atoms with Crippen LogP contribution in [0.15, 0.2) is 59.7 Å². The Morgan fingerprint density at radius 3 is 2.00 bits per heavy atom. The third kappa shape index (κ3) is 4.71. The molecule has 1 aliphatic rings. The van der Waals surface area contributed by atoms with Crippen LogP contribution < -0.4 is 4.74 Å². The van der Waals surface area contributed by atoms with Crippen LogP contribution in [0.1, 0.15) is 64.1 Å². The first-order valence-corrected chi connectivity index (χ1v) is 13.1. The van der Waals surface area contributed by atoms with Crippen molar-refractivity contribution in [1.82, 2.24) is 14.9 Å². The summed E-state index contributed by atoms with van der Waals surface area (Å²) in [5.74, 6) is 1.27. The molecule has 2 atom stereocenters.